The summed E-state index contributed by atoms with van der Waals surface area (Å²) in [5.41, 5.74) is 1.62. The van der Waals surface area contributed by atoms with Crippen LogP contribution in [0, 0.1) is 0 Å². The van der Waals surface area contributed by atoms with Crippen molar-refractivity contribution in [2.45, 2.75) is 179 Å². The number of nitrogens with zero attached hydrogens (tertiary/aromatic N) is 8. The molecule has 2 aromatic rings. The summed E-state index contributed by atoms with van der Waals surface area (Å²) in [4.78, 5) is 95.1. The number of aryl methyl sites for hydroxylation is 2. The normalized spacial score (nSPS) is 15.1. The quantitative estimate of drug-likeness (QED) is 0.0405. The van der Waals surface area contributed by atoms with Crippen molar-refractivity contribution in [1.29, 1.82) is 0 Å². The fraction of sp³-hybridized carbons (Fsp3) is 0.577. The van der Waals surface area contributed by atoms with Gasteiger partial charge >= 0.3 is 11.4 Å². The van der Waals surface area contributed by atoms with E-state index in [1.54, 1.807) is 23.2 Å². The van der Waals surface area contributed by atoms with E-state index in [0.717, 1.165) is 152 Å². The van der Waals surface area contributed by atoms with Gasteiger partial charge in [-0.1, -0.05) is 127 Å². The monoisotopic (exact) mass is 931 g/mol. The minimum Gasteiger partial charge on any atom is -0.351 e. The summed E-state index contributed by atoms with van der Waals surface area (Å²) in [7, 11) is 3.59. The van der Waals surface area contributed by atoms with Crippen molar-refractivity contribution in [2.75, 3.05) is 0 Å². The Labute approximate surface area is 397 Å². The first kappa shape index (κ1) is 49.8. The van der Waals surface area contributed by atoms with E-state index >= 15 is 0 Å². The molecule has 4 aliphatic heterocycles. The summed E-state index contributed by atoms with van der Waals surface area (Å²) >= 11 is 0. The van der Waals surface area contributed by atoms with E-state index < -0.39 is 11.4 Å². The van der Waals surface area contributed by atoms with Gasteiger partial charge in [-0.15, -0.1) is 0 Å². The van der Waals surface area contributed by atoms with Crippen molar-refractivity contribution in [1.82, 2.24) is 48.8 Å². The summed E-state index contributed by atoms with van der Waals surface area (Å²) in [5.74, 6) is 0.762. The predicted molar refractivity (Wildman–Crippen MR) is 266 cm³/mol. The summed E-state index contributed by atoms with van der Waals surface area (Å²) < 4.78 is 5.94. The highest BCUT2D eigenvalue weighted by Gasteiger charge is 2.28. The number of nitrogens with one attached hydrogen (secondary N) is 2. The number of amides is 2. The van der Waals surface area contributed by atoms with Crippen LogP contribution in [0.3, 0.4) is 0 Å². The van der Waals surface area contributed by atoms with Gasteiger partial charge < -0.3 is 19.8 Å². The minimum absolute atomic E-state index is 0.00885. The van der Waals surface area contributed by atoms with Gasteiger partial charge in [-0.25, -0.2) is 19.6 Å². The first-order valence-corrected chi connectivity index (χ1v) is 25.4. The van der Waals surface area contributed by atoms with Gasteiger partial charge in [0.2, 0.25) is 11.8 Å². The van der Waals surface area contributed by atoms with E-state index in [1.807, 2.05) is 48.5 Å². The highest BCUT2D eigenvalue weighted by atomic mass is 16.2. The molecule has 16 nitrogen and oxygen atoms in total. The molecule has 2 amide bonds. The number of para-hydroxylation sites is 4. The van der Waals surface area contributed by atoms with Gasteiger partial charge in [0.25, 0.3) is 11.1 Å². The van der Waals surface area contributed by atoms with E-state index in [1.165, 1.54) is 9.13 Å². The van der Waals surface area contributed by atoms with Crippen LogP contribution in [-0.4, -0.2) is 62.1 Å². The lowest BCUT2D eigenvalue weighted by atomic mass is 9.90. The Hall–Kier alpha value is -6.06. The highest BCUT2D eigenvalue weighted by molar-refractivity contribution is 5.80. The molecule has 1 fully saturated rings. The van der Waals surface area contributed by atoms with E-state index in [9.17, 15) is 28.8 Å². The third kappa shape index (κ3) is 12.9. The van der Waals surface area contributed by atoms with Crippen LogP contribution in [0.1, 0.15) is 154 Å². The molecule has 5 aliphatic rings. The van der Waals surface area contributed by atoms with Gasteiger partial charge in [0, 0.05) is 52.1 Å². The number of aromatic nitrogens is 8. The topological polar surface area (TPSA) is 198 Å². The summed E-state index contributed by atoms with van der Waals surface area (Å²) in [5, 5.41) is 6.48. The fourth-order valence-corrected chi connectivity index (χ4v) is 9.86. The van der Waals surface area contributed by atoms with Crippen LogP contribution in [0.5, 0.6) is 0 Å². The third-order valence-electron chi connectivity index (χ3n) is 13.8. The van der Waals surface area contributed by atoms with Gasteiger partial charge in [0.1, 0.15) is 0 Å². The van der Waals surface area contributed by atoms with Crippen molar-refractivity contribution in [2.24, 2.45) is 14.1 Å². The molecule has 0 spiro atoms. The van der Waals surface area contributed by atoms with Crippen LogP contribution in [0.2, 0.25) is 0 Å². The second kappa shape index (κ2) is 24.8. The molecular formula is C52H70N10O6. The van der Waals surface area contributed by atoms with E-state index in [4.69, 9.17) is 0 Å². The van der Waals surface area contributed by atoms with Crippen molar-refractivity contribution in [3.05, 3.63) is 90.2 Å². The Morgan fingerprint density at radius 2 is 0.824 bits per heavy atom. The van der Waals surface area contributed by atoms with Crippen molar-refractivity contribution < 1.29 is 9.59 Å². The Kier molecular flexibility index (Phi) is 18.2. The second-order valence-corrected chi connectivity index (χ2v) is 18.9. The van der Waals surface area contributed by atoms with E-state index in [2.05, 4.69) is 30.6 Å². The molecule has 2 N–H and O–H groups in total. The number of hydrogen-bond donors (Lipinski definition) is 2. The molecule has 16 heteroatoms. The molecule has 2 aromatic carbocycles. The third-order valence-corrected chi connectivity index (χ3v) is 13.8. The lowest BCUT2D eigenvalue weighted by molar-refractivity contribution is -0.125. The first-order valence-electron chi connectivity index (χ1n) is 25.4. The molecule has 0 aromatic heterocycles. The Bertz CT molecular complexity index is 2620. The van der Waals surface area contributed by atoms with Gasteiger partial charge in [-0.2, -0.15) is 9.97 Å². The average molecular weight is 931 g/mol. The molecule has 364 valence electrons. The summed E-state index contributed by atoms with van der Waals surface area (Å²) in [6.07, 6.45) is 22.9. The van der Waals surface area contributed by atoms with Crippen LogP contribution in [0.15, 0.2) is 67.7 Å². The van der Waals surface area contributed by atoms with Crippen LogP contribution < -0.4 is 33.1 Å². The number of benzene rings is 2. The van der Waals surface area contributed by atoms with Crippen molar-refractivity contribution >= 4 is 33.9 Å². The van der Waals surface area contributed by atoms with E-state index in [-0.39, 0.29) is 46.4 Å². The Morgan fingerprint density at radius 3 is 1.21 bits per heavy atom. The summed E-state index contributed by atoms with van der Waals surface area (Å²) in [6.45, 7) is 0.675. The lowest BCUT2D eigenvalue weighted by Gasteiger charge is -2.33. The maximum atomic E-state index is 13.2. The smallest absolute Gasteiger partial charge is 0.351 e. The lowest BCUT2D eigenvalue weighted by Crippen LogP contribution is -2.53. The Balaban J connectivity index is 0.681. The highest BCUT2D eigenvalue weighted by Crippen LogP contribution is 2.22. The van der Waals surface area contributed by atoms with Crippen LogP contribution in [-0.2, 0) is 36.8 Å². The predicted octanol–water partition coefficient (Wildman–Crippen LogP) is 7.55. The molecule has 0 saturated heterocycles. The van der Waals surface area contributed by atoms with Crippen LogP contribution in [0.4, 0.5) is 0 Å². The number of carbonyl (C=O) groups excluding carboxylic acids is 2. The van der Waals surface area contributed by atoms with E-state index in [0.29, 0.717) is 48.6 Å². The van der Waals surface area contributed by atoms with Crippen molar-refractivity contribution in [3.63, 3.8) is 0 Å². The number of unbranched alkanes of at least 4 members (excludes halogenated alkanes) is 16. The number of rotatable bonds is 26. The van der Waals surface area contributed by atoms with Gasteiger partial charge in [0.15, 0.2) is 23.0 Å². The zero-order valence-corrected chi connectivity index (χ0v) is 40.2. The molecule has 0 bridgehead atoms. The minimum atomic E-state index is -0.528. The maximum Gasteiger partial charge on any atom is 0.352 e. The molecule has 1 aliphatic carbocycles. The number of carbonyl (C=O) groups is 2. The molecular weight excluding hydrogens is 861 g/mol. The summed E-state index contributed by atoms with van der Waals surface area (Å²) in [6, 6.07) is 15.0. The van der Waals surface area contributed by atoms with Crippen LogP contribution in [0.25, 0.3) is 45.1 Å². The molecule has 0 radical (unpaired) electrons. The molecule has 1 saturated carbocycles. The number of hydrogen-bond acceptors (Lipinski definition) is 10. The van der Waals surface area contributed by atoms with Gasteiger partial charge in [-0.3, -0.25) is 28.3 Å². The van der Waals surface area contributed by atoms with Gasteiger partial charge in [-0.05, 0) is 62.8 Å². The van der Waals surface area contributed by atoms with Gasteiger partial charge in [0.05, 0.1) is 22.1 Å². The number of fused-ring (bicyclic) bond motifs is 4. The maximum absolute atomic E-state index is 13.2. The van der Waals surface area contributed by atoms with Crippen molar-refractivity contribution in [3.8, 4) is 23.0 Å². The Morgan fingerprint density at radius 1 is 0.485 bits per heavy atom. The first-order chi connectivity index (χ1) is 33.1. The molecule has 4 heterocycles. The second-order valence-electron chi connectivity index (χ2n) is 18.9. The largest absolute Gasteiger partial charge is 0.352 e. The zero-order valence-electron chi connectivity index (χ0n) is 40.2. The SMILES string of the molecule is Cn1c2nc(=O)n(CCCCCCCCCCCC(=O)N[C@H]3CCCC[C@@H]3NC(=O)CCCCCCCCCCCn3c(=O)nc4n(C)c5ccccc5nc-4c3=O)c(=O)c-2nc2ccccc21. The molecule has 7 rings (SSSR count). The van der Waals surface area contributed by atoms with Crippen LogP contribution >= 0.6 is 0 Å². The molecule has 2 atom stereocenters. The standard InChI is InChI=1S/C52H70N10O6/c1-59-41-31-23-21-29-39(41)55-45-47(59)57-51(67)61(49(45)65)35-25-15-11-7-3-5-9-13-17-33-43(63)53-37-27-19-20-28-38(37)54-44(64)34-18-14-10-6-4-8-12-16-26-36-62-50(66)46-48(58-52(62)68)60(2)42-32-24-22-30-40(42)56-46/h21-24,29-32,37-38H,3-20,25-28,33-36H2,1-2H3,(H,53,63)(H,54,64)/t37-,38-/m0/s1. The average Bonchev–Trinajstić information content (AvgIpc) is 3.33. The fourth-order valence-electron chi connectivity index (χ4n) is 9.86. The molecule has 68 heavy (non-hydrogen) atoms. The zero-order chi connectivity index (χ0) is 47.8. The molecule has 0 unspecified atom stereocenters.